The number of halogens is 3. The molecule has 0 radical (unpaired) electrons. The molecule has 9 heteroatoms. The van der Waals surface area contributed by atoms with E-state index in [9.17, 15) is 13.6 Å². The van der Waals surface area contributed by atoms with E-state index in [4.69, 9.17) is 20.8 Å². The molecule has 0 aliphatic heterocycles. The van der Waals surface area contributed by atoms with Crippen LogP contribution >= 0.6 is 11.6 Å². The fourth-order valence-electron chi connectivity index (χ4n) is 3.99. The van der Waals surface area contributed by atoms with Crippen molar-refractivity contribution < 1.29 is 22.7 Å². The van der Waals surface area contributed by atoms with Crippen LogP contribution in [0.4, 0.5) is 8.78 Å². The van der Waals surface area contributed by atoms with Crippen molar-refractivity contribution in [1.82, 2.24) is 14.7 Å². The third kappa shape index (κ3) is 5.45. The molecule has 2 heterocycles. The van der Waals surface area contributed by atoms with Crippen LogP contribution in [0.2, 0.25) is 5.02 Å². The maximum atomic E-state index is 14.6. The molecule has 2 aromatic heterocycles. The molecule has 192 valence electrons. The zero-order chi connectivity index (χ0) is 26.6. The number of hydrogen-bond acceptors (Lipinski definition) is 4. The molecular weight excluding hydrogens is 512 g/mol. The van der Waals surface area contributed by atoms with E-state index in [1.54, 1.807) is 48.2 Å². The number of rotatable bonds is 8. The van der Waals surface area contributed by atoms with E-state index >= 15 is 0 Å². The Balaban J connectivity index is 1.58. The summed E-state index contributed by atoms with van der Waals surface area (Å²) in [5, 5.41) is 5.14. The number of amides is 1. The summed E-state index contributed by atoms with van der Waals surface area (Å²) in [5.74, 6) is -1.25. The minimum Gasteiger partial charge on any atom is -0.467 e. The van der Waals surface area contributed by atoms with Gasteiger partial charge >= 0.3 is 0 Å². The van der Waals surface area contributed by atoms with Gasteiger partial charge in [0.25, 0.3) is 5.91 Å². The van der Waals surface area contributed by atoms with E-state index in [1.165, 1.54) is 17.0 Å². The number of aryl methyl sites for hydroxylation is 1. The molecule has 38 heavy (non-hydrogen) atoms. The van der Waals surface area contributed by atoms with Gasteiger partial charge in [-0.1, -0.05) is 29.8 Å². The van der Waals surface area contributed by atoms with E-state index in [0.717, 1.165) is 12.1 Å². The molecule has 5 aromatic rings. The number of ether oxygens (including phenoxy) is 1. The largest absolute Gasteiger partial charge is 0.467 e. The zero-order valence-corrected chi connectivity index (χ0v) is 21.0. The van der Waals surface area contributed by atoms with Crippen LogP contribution in [-0.4, -0.2) is 20.6 Å². The molecule has 5 rings (SSSR count). The first-order valence-corrected chi connectivity index (χ1v) is 12.1. The molecule has 0 aliphatic carbocycles. The third-order valence-electron chi connectivity index (χ3n) is 5.89. The van der Waals surface area contributed by atoms with Crippen LogP contribution in [0.1, 0.15) is 27.4 Å². The summed E-state index contributed by atoms with van der Waals surface area (Å²) in [6.07, 6.45) is 1.53. The van der Waals surface area contributed by atoms with Gasteiger partial charge in [0, 0.05) is 16.7 Å². The van der Waals surface area contributed by atoms with Crippen LogP contribution in [0.25, 0.3) is 5.69 Å². The van der Waals surface area contributed by atoms with E-state index < -0.39 is 11.6 Å². The summed E-state index contributed by atoms with van der Waals surface area (Å²) >= 11 is 6.02. The molecule has 0 N–H and O–H groups in total. The van der Waals surface area contributed by atoms with Crippen molar-refractivity contribution in [3.05, 3.63) is 130 Å². The molecule has 0 saturated carbocycles. The van der Waals surface area contributed by atoms with Gasteiger partial charge in [0.15, 0.2) is 11.6 Å². The van der Waals surface area contributed by atoms with Crippen LogP contribution in [0.3, 0.4) is 0 Å². The first-order chi connectivity index (χ1) is 18.4. The number of furan rings is 1. The molecule has 0 saturated heterocycles. The van der Waals surface area contributed by atoms with Crippen molar-refractivity contribution in [2.75, 3.05) is 0 Å². The maximum absolute atomic E-state index is 14.6. The highest BCUT2D eigenvalue weighted by Crippen LogP contribution is 2.33. The van der Waals surface area contributed by atoms with E-state index in [0.29, 0.717) is 33.3 Å². The Hall–Kier alpha value is -4.43. The van der Waals surface area contributed by atoms with Crippen molar-refractivity contribution in [1.29, 1.82) is 0 Å². The summed E-state index contributed by atoms with van der Waals surface area (Å²) < 4.78 is 41.3. The highest BCUT2D eigenvalue weighted by molar-refractivity contribution is 6.30. The lowest BCUT2D eigenvalue weighted by Crippen LogP contribution is -2.30. The van der Waals surface area contributed by atoms with Crippen molar-refractivity contribution in [2.24, 2.45) is 0 Å². The Labute approximate surface area is 222 Å². The molecule has 0 atom stereocenters. The SMILES string of the molecule is Cc1nn(-c2ccccc2)c(Oc2ccc(F)cc2F)c1CN(Cc1ccco1)C(=O)c1ccc(Cl)cc1. The first kappa shape index (κ1) is 25.2. The van der Waals surface area contributed by atoms with Gasteiger partial charge in [-0.05, 0) is 67.6 Å². The van der Waals surface area contributed by atoms with Gasteiger partial charge in [-0.3, -0.25) is 4.79 Å². The second-order valence-electron chi connectivity index (χ2n) is 8.54. The fourth-order valence-corrected chi connectivity index (χ4v) is 4.11. The molecule has 1 amide bonds. The Bertz CT molecular complexity index is 1550. The predicted molar refractivity (Wildman–Crippen MR) is 138 cm³/mol. The molecule has 0 unspecified atom stereocenters. The summed E-state index contributed by atoms with van der Waals surface area (Å²) in [4.78, 5) is 15.2. The van der Waals surface area contributed by atoms with Gasteiger partial charge in [0.05, 0.1) is 36.3 Å². The number of carbonyl (C=O) groups excluding carboxylic acids is 1. The van der Waals surface area contributed by atoms with Crippen molar-refractivity contribution in [2.45, 2.75) is 20.0 Å². The number of para-hydroxylation sites is 1. The maximum Gasteiger partial charge on any atom is 0.254 e. The van der Waals surface area contributed by atoms with Crippen molar-refractivity contribution in [3.8, 4) is 17.3 Å². The van der Waals surface area contributed by atoms with Gasteiger partial charge in [-0.2, -0.15) is 5.10 Å². The zero-order valence-electron chi connectivity index (χ0n) is 20.3. The lowest BCUT2D eigenvalue weighted by atomic mass is 10.1. The second kappa shape index (κ2) is 10.9. The van der Waals surface area contributed by atoms with Crippen LogP contribution in [0.5, 0.6) is 11.6 Å². The summed E-state index contributed by atoms with van der Waals surface area (Å²) in [6, 6.07) is 22.3. The third-order valence-corrected chi connectivity index (χ3v) is 6.14. The highest BCUT2D eigenvalue weighted by Gasteiger charge is 2.26. The minimum absolute atomic E-state index is 0.0684. The van der Waals surface area contributed by atoms with Crippen molar-refractivity contribution >= 4 is 17.5 Å². The average Bonchev–Trinajstić information content (AvgIpc) is 3.54. The smallest absolute Gasteiger partial charge is 0.254 e. The molecular formula is C29H22ClF2N3O3. The molecule has 0 spiro atoms. The van der Waals surface area contributed by atoms with E-state index in [-0.39, 0.29) is 30.6 Å². The topological polar surface area (TPSA) is 60.5 Å². The standard InChI is InChI=1S/C29H22ClF2N3O3/c1-19-25(18-34(17-24-8-5-15-37-24)28(36)20-9-11-21(30)12-10-20)29(35(33-19)23-6-3-2-4-7-23)38-27-14-13-22(31)16-26(27)32/h2-16H,17-18H2,1H3. The Kier molecular flexibility index (Phi) is 7.24. The number of aromatic nitrogens is 2. The number of nitrogens with zero attached hydrogens (tertiary/aromatic N) is 3. The van der Waals surface area contributed by atoms with Crippen LogP contribution in [-0.2, 0) is 13.1 Å². The lowest BCUT2D eigenvalue weighted by molar-refractivity contribution is 0.0716. The average molecular weight is 534 g/mol. The number of benzene rings is 3. The van der Waals surface area contributed by atoms with Gasteiger partial charge in [-0.25, -0.2) is 13.5 Å². The second-order valence-corrected chi connectivity index (χ2v) is 8.98. The van der Waals surface area contributed by atoms with Crippen LogP contribution in [0.15, 0.2) is 95.6 Å². The van der Waals surface area contributed by atoms with Gasteiger partial charge in [0.2, 0.25) is 5.88 Å². The first-order valence-electron chi connectivity index (χ1n) is 11.7. The molecule has 3 aromatic carbocycles. The Morgan fingerprint density at radius 3 is 2.45 bits per heavy atom. The molecule has 0 fully saturated rings. The normalized spacial score (nSPS) is 10.9. The van der Waals surface area contributed by atoms with E-state index in [1.807, 2.05) is 30.3 Å². The fraction of sp³-hybridized carbons (Fsp3) is 0.103. The number of carbonyl (C=O) groups is 1. The lowest BCUT2D eigenvalue weighted by Gasteiger charge is -2.22. The quantitative estimate of drug-likeness (QED) is 0.209. The van der Waals surface area contributed by atoms with E-state index in [2.05, 4.69) is 5.10 Å². The molecule has 6 nitrogen and oxygen atoms in total. The Morgan fingerprint density at radius 1 is 1.00 bits per heavy atom. The van der Waals surface area contributed by atoms with Crippen LogP contribution < -0.4 is 4.74 Å². The minimum atomic E-state index is -0.862. The summed E-state index contributed by atoms with van der Waals surface area (Å²) in [7, 11) is 0. The van der Waals surface area contributed by atoms with Gasteiger partial charge < -0.3 is 14.1 Å². The molecule has 0 bridgehead atoms. The van der Waals surface area contributed by atoms with Crippen LogP contribution in [0, 0.1) is 18.6 Å². The monoisotopic (exact) mass is 533 g/mol. The number of hydrogen-bond donors (Lipinski definition) is 0. The van der Waals surface area contributed by atoms with Crippen molar-refractivity contribution in [3.63, 3.8) is 0 Å². The Morgan fingerprint density at radius 2 is 1.76 bits per heavy atom. The summed E-state index contributed by atoms with van der Waals surface area (Å²) in [5.41, 5.74) is 2.22. The predicted octanol–water partition coefficient (Wildman–Crippen LogP) is 7.34. The highest BCUT2D eigenvalue weighted by atomic mass is 35.5. The molecule has 0 aliphatic rings. The van der Waals surface area contributed by atoms with Gasteiger partial charge in [-0.15, -0.1) is 0 Å². The summed E-state index contributed by atoms with van der Waals surface area (Å²) in [6.45, 7) is 2.01. The van der Waals surface area contributed by atoms with Gasteiger partial charge in [0.1, 0.15) is 11.6 Å².